The SMILES string of the molecule is O=C(O)c1ccc2nn(-c3ccc4c(OCCS)nccc4c3O)nc2c1. The molecule has 0 saturated heterocycles. The standard InChI is InChI=1S/C18H14N4O4S/c23-16-11-5-6-19-17(26-7-8-27)12(11)2-4-15(16)22-20-13-3-1-10(18(24)25)9-14(13)21-22/h1-6,9,23,27H,7-8H2,(H,24,25). The van der Waals surface area contributed by atoms with Gasteiger partial charge < -0.3 is 14.9 Å². The number of hydrogen-bond donors (Lipinski definition) is 3. The molecule has 0 spiro atoms. The Bertz CT molecular complexity index is 1170. The Morgan fingerprint density at radius 3 is 2.70 bits per heavy atom. The molecule has 0 fully saturated rings. The minimum absolute atomic E-state index is 0.0237. The third kappa shape index (κ3) is 3.02. The highest BCUT2D eigenvalue weighted by molar-refractivity contribution is 7.80. The molecule has 2 aromatic carbocycles. The van der Waals surface area contributed by atoms with E-state index in [9.17, 15) is 9.90 Å². The first-order chi connectivity index (χ1) is 13.1. The molecule has 8 nitrogen and oxygen atoms in total. The Kier molecular flexibility index (Phi) is 4.28. The fraction of sp³-hybridized carbons (Fsp3) is 0.111. The van der Waals surface area contributed by atoms with Crippen molar-refractivity contribution in [2.75, 3.05) is 12.4 Å². The first kappa shape index (κ1) is 17.1. The molecule has 0 radical (unpaired) electrons. The van der Waals surface area contributed by atoms with E-state index < -0.39 is 5.97 Å². The van der Waals surface area contributed by atoms with Crippen LogP contribution in [0.15, 0.2) is 42.6 Å². The van der Waals surface area contributed by atoms with Gasteiger partial charge in [-0.3, -0.25) is 0 Å². The number of carboxylic acid groups (broad SMARTS) is 1. The Labute approximate surface area is 158 Å². The average Bonchev–Trinajstić information content (AvgIpc) is 3.09. The van der Waals surface area contributed by atoms with E-state index in [1.807, 2.05) is 0 Å². The number of carbonyl (C=O) groups is 1. The predicted molar refractivity (Wildman–Crippen MR) is 102 cm³/mol. The van der Waals surface area contributed by atoms with Gasteiger partial charge in [0.25, 0.3) is 0 Å². The number of phenolic OH excluding ortho intramolecular Hbond substituents is 1. The van der Waals surface area contributed by atoms with Gasteiger partial charge in [-0.15, -0.1) is 15.0 Å². The highest BCUT2D eigenvalue weighted by Gasteiger charge is 2.15. The molecule has 9 heteroatoms. The molecule has 4 aromatic rings. The number of phenols is 1. The first-order valence-electron chi connectivity index (χ1n) is 8.03. The number of fused-ring (bicyclic) bond motifs is 2. The summed E-state index contributed by atoms with van der Waals surface area (Å²) in [5.41, 5.74) is 1.42. The zero-order chi connectivity index (χ0) is 19.0. The van der Waals surface area contributed by atoms with Gasteiger partial charge in [-0.05, 0) is 36.4 Å². The summed E-state index contributed by atoms with van der Waals surface area (Å²) in [6.45, 7) is 0.399. The number of aromatic carboxylic acids is 1. The lowest BCUT2D eigenvalue weighted by Gasteiger charge is -2.10. The van der Waals surface area contributed by atoms with E-state index in [1.165, 1.54) is 16.9 Å². The number of rotatable bonds is 5. The minimum atomic E-state index is -1.04. The molecule has 0 amide bonds. The van der Waals surface area contributed by atoms with E-state index in [0.29, 0.717) is 45.7 Å². The van der Waals surface area contributed by atoms with Crippen LogP contribution in [0.25, 0.3) is 27.5 Å². The zero-order valence-corrected chi connectivity index (χ0v) is 14.8. The quantitative estimate of drug-likeness (QED) is 0.455. The number of ether oxygens (including phenoxy) is 1. The van der Waals surface area contributed by atoms with Crippen molar-refractivity contribution in [2.24, 2.45) is 0 Å². The Morgan fingerprint density at radius 1 is 1.11 bits per heavy atom. The number of benzene rings is 2. The van der Waals surface area contributed by atoms with Gasteiger partial charge >= 0.3 is 5.97 Å². The fourth-order valence-electron chi connectivity index (χ4n) is 2.77. The number of pyridine rings is 1. The van der Waals surface area contributed by atoms with Crippen LogP contribution in [0, 0.1) is 0 Å². The van der Waals surface area contributed by atoms with Crippen LogP contribution < -0.4 is 4.74 Å². The lowest BCUT2D eigenvalue weighted by Crippen LogP contribution is -2.02. The first-order valence-corrected chi connectivity index (χ1v) is 8.67. The normalized spacial score (nSPS) is 11.1. The maximum absolute atomic E-state index is 11.1. The number of hydrogen-bond acceptors (Lipinski definition) is 7. The van der Waals surface area contributed by atoms with Crippen LogP contribution in [-0.2, 0) is 0 Å². The third-order valence-electron chi connectivity index (χ3n) is 4.03. The van der Waals surface area contributed by atoms with Gasteiger partial charge in [0.05, 0.1) is 12.2 Å². The van der Waals surface area contributed by atoms with Crippen molar-refractivity contribution < 1.29 is 19.7 Å². The van der Waals surface area contributed by atoms with Crippen molar-refractivity contribution >= 4 is 40.4 Å². The second-order valence-corrected chi connectivity index (χ2v) is 6.16. The van der Waals surface area contributed by atoms with Crippen LogP contribution in [0.1, 0.15) is 10.4 Å². The predicted octanol–water partition coefficient (Wildman–Crippen LogP) is 2.68. The molecule has 0 unspecified atom stereocenters. The number of carboxylic acids is 1. The van der Waals surface area contributed by atoms with Crippen LogP contribution >= 0.6 is 12.6 Å². The molecule has 4 rings (SSSR count). The van der Waals surface area contributed by atoms with E-state index in [0.717, 1.165) is 0 Å². The van der Waals surface area contributed by atoms with Gasteiger partial charge in [0.15, 0.2) is 5.75 Å². The maximum atomic E-state index is 11.1. The van der Waals surface area contributed by atoms with Crippen molar-refractivity contribution in [1.82, 2.24) is 20.0 Å². The summed E-state index contributed by atoms with van der Waals surface area (Å²) < 4.78 is 5.56. The van der Waals surface area contributed by atoms with Crippen LogP contribution in [0.2, 0.25) is 0 Å². The second kappa shape index (κ2) is 6.76. The van der Waals surface area contributed by atoms with E-state index in [4.69, 9.17) is 9.84 Å². The van der Waals surface area contributed by atoms with Gasteiger partial charge in [0.2, 0.25) is 5.88 Å². The van der Waals surface area contributed by atoms with E-state index in [1.54, 1.807) is 30.5 Å². The van der Waals surface area contributed by atoms with Crippen LogP contribution in [0.5, 0.6) is 11.6 Å². The number of aromatic nitrogens is 4. The lowest BCUT2D eigenvalue weighted by molar-refractivity contribution is 0.0697. The molecule has 0 aliphatic heterocycles. The summed E-state index contributed by atoms with van der Waals surface area (Å²) >= 11 is 4.11. The van der Waals surface area contributed by atoms with Gasteiger partial charge in [0.1, 0.15) is 16.7 Å². The highest BCUT2D eigenvalue weighted by atomic mass is 32.1. The maximum Gasteiger partial charge on any atom is 0.335 e. The summed E-state index contributed by atoms with van der Waals surface area (Å²) in [4.78, 5) is 16.6. The molecule has 2 heterocycles. The van der Waals surface area contributed by atoms with E-state index >= 15 is 0 Å². The van der Waals surface area contributed by atoms with Crippen molar-refractivity contribution in [1.29, 1.82) is 0 Å². The summed E-state index contributed by atoms with van der Waals surface area (Å²) in [5.74, 6) is -0.108. The Hall–Kier alpha value is -3.33. The Balaban J connectivity index is 1.83. The lowest BCUT2D eigenvalue weighted by atomic mass is 10.1. The molecule has 27 heavy (non-hydrogen) atoms. The summed E-state index contributed by atoms with van der Waals surface area (Å²) in [6, 6.07) is 9.57. The van der Waals surface area contributed by atoms with Gasteiger partial charge in [-0.2, -0.15) is 12.6 Å². The van der Waals surface area contributed by atoms with Crippen molar-refractivity contribution in [3.63, 3.8) is 0 Å². The van der Waals surface area contributed by atoms with Crippen molar-refractivity contribution in [2.45, 2.75) is 0 Å². The molecular weight excluding hydrogens is 368 g/mol. The van der Waals surface area contributed by atoms with Crippen LogP contribution in [-0.4, -0.2) is 48.5 Å². The van der Waals surface area contributed by atoms with Gasteiger partial charge in [-0.1, -0.05) is 0 Å². The monoisotopic (exact) mass is 382 g/mol. The largest absolute Gasteiger partial charge is 0.505 e. The van der Waals surface area contributed by atoms with Crippen LogP contribution in [0.4, 0.5) is 0 Å². The number of aromatic hydroxyl groups is 1. The number of thiol groups is 1. The molecule has 0 bridgehead atoms. The van der Waals surface area contributed by atoms with Gasteiger partial charge in [0, 0.05) is 22.7 Å². The fourth-order valence-corrected chi connectivity index (χ4v) is 2.87. The minimum Gasteiger partial charge on any atom is -0.505 e. The van der Waals surface area contributed by atoms with E-state index in [-0.39, 0.29) is 11.3 Å². The molecule has 0 aliphatic rings. The van der Waals surface area contributed by atoms with Crippen molar-refractivity contribution in [3.8, 4) is 17.3 Å². The molecule has 0 aliphatic carbocycles. The van der Waals surface area contributed by atoms with Crippen molar-refractivity contribution in [3.05, 3.63) is 48.2 Å². The topological polar surface area (TPSA) is 110 Å². The molecule has 2 N–H and O–H groups in total. The number of nitrogens with zero attached hydrogens (tertiary/aromatic N) is 4. The molecule has 0 atom stereocenters. The van der Waals surface area contributed by atoms with Crippen LogP contribution in [0.3, 0.4) is 0 Å². The zero-order valence-electron chi connectivity index (χ0n) is 13.9. The molecule has 0 saturated carbocycles. The molecule has 2 aromatic heterocycles. The summed E-state index contributed by atoms with van der Waals surface area (Å²) in [6.07, 6.45) is 1.55. The van der Waals surface area contributed by atoms with Gasteiger partial charge in [-0.25, -0.2) is 9.78 Å². The highest BCUT2D eigenvalue weighted by Crippen LogP contribution is 2.34. The van der Waals surface area contributed by atoms with E-state index in [2.05, 4.69) is 27.8 Å². The molecular formula is C18H14N4O4S. The summed E-state index contributed by atoms with van der Waals surface area (Å²) in [7, 11) is 0. The smallest absolute Gasteiger partial charge is 0.335 e. The average molecular weight is 382 g/mol. The summed E-state index contributed by atoms with van der Waals surface area (Å²) in [5, 5.41) is 29.6. The third-order valence-corrected chi connectivity index (χ3v) is 4.21. The Morgan fingerprint density at radius 2 is 1.93 bits per heavy atom. The molecule has 136 valence electrons. The second-order valence-electron chi connectivity index (χ2n) is 5.71.